The van der Waals surface area contributed by atoms with Crippen molar-refractivity contribution >= 4 is 17.9 Å². The molecule has 0 aromatic carbocycles. The normalized spacial score (nSPS) is 14.4. The summed E-state index contributed by atoms with van der Waals surface area (Å²) in [6.45, 7) is 1.24. The topological polar surface area (TPSA) is 124 Å². The van der Waals surface area contributed by atoms with Crippen LogP contribution >= 0.6 is 0 Å². The van der Waals surface area contributed by atoms with E-state index in [-0.39, 0.29) is 0 Å². The molecule has 4 N–H and O–H groups in total. The van der Waals surface area contributed by atoms with E-state index >= 15 is 0 Å². The molecule has 0 aromatic heterocycles. The van der Waals surface area contributed by atoms with Gasteiger partial charge in [-0.25, -0.2) is 0 Å². The summed E-state index contributed by atoms with van der Waals surface area (Å²) in [4.78, 5) is 31.0. The highest BCUT2D eigenvalue weighted by atomic mass is 16.4. The minimum atomic E-state index is -1.39. The molecular formula is C7H11NO6. The number of hydrogen-bond donors (Lipinski definition) is 4. The Bertz CT molecular complexity index is 251. The summed E-state index contributed by atoms with van der Waals surface area (Å²) in [6, 6.07) is -2.49. The fourth-order valence-electron chi connectivity index (χ4n) is 0.765. The summed E-state index contributed by atoms with van der Waals surface area (Å²) < 4.78 is 0. The lowest BCUT2D eigenvalue weighted by molar-refractivity contribution is -0.147. The zero-order chi connectivity index (χ0) is 11.3. The van der Waals surface area contributed by atoms with Gasteiger partial charge in [-0.15, -0.1) is 0 Å². The maximum absolute atomic E-state index is 10.5. The lowest BCUT2D eigenvalue weighted by Gasteiger charge is -2.15. The van der Waals surface area contributed by atoms with Gasteiger partial charge in [0.05, 0.1) is 6.42 Å². The van der Waals surface area contributed by atoms with Gasteiger partial charge in [-0.1, -0.05) is 0 Å². The van der Waals surface area contributed by atoms with E-state index in [1.54, 1.807) is 0 Å². The third-order valence-electron chi connectivity index (χ3n) is 1.50. The Hall–Kier alpha value is -1.63. The molecule has 0 aliphatic heterocycles. The van der Waals surface area contributed by atoms with Crippen LogP contribution in [0.5, 0.6) is 0 Å². The lowest BCUT2D eigenvalue weighted by atomic mass is 10.2. The molecule has 0 aliphatic carbocycles. The first-order chi connectivity index (χ1) is 6.34. The van der Waals surface area contributed by atoms with Crippen LogP contribution < -0.4 is 5.32 Å². The van der Waals surface area contributed by atoms with Gasteiger partial charge in [0.1, 0.15) is 12.1 Å². The van der Waals surface area contributed by atoms with Gasteiger partial charge in [0, 0.05) is 0 Å². The molecule has 14 heavy (non-hydrogen) atoms. The second kappa shape index (κ2) is 5.18. The molecule has 0 heterocycles. The Morgan fingerprint density at radius 3 is 1.93 bits per heavy atom. The third-order valence-corrected chi connectivity index (χ3v) is 1.50. The van der Waals surface area contributed by atoms with Gasteiger partial charge in [0.25, 0.3) is 0 Å². The molecule has 0 rings (SSSR count). The molecule has 1 unspecified atom stereocenters. The summed E-state index contributed by atoms with van der Waals surface area (Å²) >= 11 is 0. The zero-order valence-electron chi connectivity index (χ0n) is 7.43. The van der Waals surface area contributed by atoms with E-state index in [4.69, 9.17) is 15.3 Å². The molecule has 0 saturated carbocycles. The highest BCUT2D eigenvalue weighted by Crippen LogP contribution is 1.95. The predicted octanol–water partition coefficient (Wildman–Crippen LogP) is -1.02. The van der Waals surface area contributed by atoms with E-state index < -0.39 is 36.4 Å². The minimum absolute atomic E-state index is 0.660. The van der Waals surface area contributed by atoms with Gasteiger partial charge < -0.3 is 15.3 Å². The number of rotatable bonds is 6. The van der Waals surface area contributed by atoms with Crippen LogP contribution in [0.2, 0.25) is 0 Å². The average Bonchev–Trinajstić information content (AvgIpc) is 2.01. The van der Waals surface area contributed by atoms with Crippen LogP contribution in [0.25, 0.3) is 0 Å². The smallest absolute Gasteiger partial charge is 0.321 e. The third kappa shape index (κ3) is 4.41. The number of carbonyl (C=O) groups is 3. The molecule has 0 radical (unpaired) electrons. The van der Waals surface area contributed by atoms with Gasteiger partial charge in [0.2, 0.25) is 0 Å². The number of nitrogens with one attached hydrogen (secondary N) is 1. The number of hydrogen-bond acceptors (Lipinski definition) is 4. The summed E-state index contributed by atoms with van der Waals surface area (Å²) in [5.41, 5.74) is 0. The van der Waals surface area contributed by atoms with Gasteiger partial charge in [0.15, 0.2) is 0 Å². The fraction of sp³-hybridized carbons (Fsp3) is 0.571. The van der Waals surface area contributed by atoms with Crippen LogP contribution in [-0.4, -0.2) is 45.3 Å². The molecule has 0 aliphatic rings. The van der Waals surface area contributed by atoms with E-state index in [2.05, 4.69) is 5.32 Å². The van der Waals surface area contributed by atoms with Crippen LogP contribution in [-0.2, 0) is 14.4 Å². The molecule has 2 atom stereocenters. The Labute approximate surface area is 79.3 Å². The molecule has 0 saturated heterocycles. The van der Waals surface area contributed by atoms with Crippen molar-refractivity contribution in [3.63, 3.8) is 0 Å². The van der Waals surface area contributed by atoms with Gasteiger partial charge in [-0.2, -0.15) is 0 Å². The molecule has 0 spiro atoms. The summed E-state index contributed by atoms with van der Waals surface area (Å²) in [5, 5.41) is 27.5. The Balaban J connectivity index is 4.30. The molecule has 7 nitrogen and oxygen atoms in total. The van der Waals surface area contributed by atoms with Crippen molar-refractivity contribution in [3.8, 4) is 0 Å². The van der Waals surface area contributed by atoms with Crippen LogP contribution in [0.4, 0.5) is 0 Å². The Kier molecular flexibility index (Phi) is 4.57. The van der Waals surface area contributed by atoms with Crippen molar-refractivity contribution in [1.82, 2.24) is 5.32 Å². The van der Waals surface area contributed by atoms with Crippen molar-refractivity contribution in [2.45, 2.75) is 25.4 Å². The van der Waals surface area contributed by atoms with Crippen LogP contribution in [0.1, 0.15) is 13.3 Å². The maximum atomic E-state index is 10.5. The van der Waals surface area contributed by atoms with Crippen molar-refractivity contribution in [3.05, 3.63) is 0 Å². The van der Waals surface area contributed by atoms with E-state index in [1.165, 1.54) is 6.92 Å². The van der Waals surface area contributed by atoms with Crippen molar-refractivity contribution < 1.29 is 29.7 Å². The van der Waals surface area contributed by atoms with Crippen molar-refractivity contribution in [2.75, 3.05) is 0 Å². The quantitative estimate of drug-likeness (QED) is 0.437. The van der Waals surface area contributed by atoms with Crippen molar-refractivity contribution in [2.24, 2.45) is 0 Å². The molecule has 0 bridgehead atoms. The Morgan fingerprint density at radius 2 is 1.64 bits per heavy atom. The number of aliphatic carboxylic acids is 3. The first-order valence-corrected chi connectivity index (χ1v) is 3.78. The lowest BCUT2D eigenvalue weighted by Crippen LogP contribution is -2.46. The van der Waals surface area contributed by atoms with Crippen LogP contribution in [0.15, 0.2) is 0 Å². The van der Waals surface area contributed by atoms with Crippen molar-refractivity contribution in [1.29, 1.82) is 0 Å². The highest BCUT2D eigenvalue weighted by Gasteiger charge is 2.24. The van der Waals surface area contributed by atoms with Gasteiger partial charge in [-0.05, 0) is 6.92 Å². The summed E-state index contributed by atoms with van der Waals surface area (Å²) in [7, 11) is 0. The largest absolute Gasteiger partial charge is 0.481 e. The van der Waals surface area contributed by atoms with E-state index in [9.17, 15) is 14.4 Å². The fourth-order valence-corrected chi connectivity index (χ4v) is 0.765. The number of carboxylic acids is 3. The summed E-state index contributed by atoms with van der Waals surface area (Å²) in [5.74, 6) is -3.93. The Morgan fingerprint density at radius 1 is 1.14 bits per heavy atom. The molecule has 0 aromatic rings. The second-order valence-corrected chi connectivity index (χ2v) is 2.72. The second-order valence-electron chi connectivity index (χ2n) is 2.72. The standard InChI is InChI=1S/C7H11NO6/c1-3(6(11)12)8-4(7(13)14)2-5(9)10/h3-4,8H,2H2,1H3,(H,9,10)(H,11,12)(H,13,14)/t3?,4-/m0/s1. The van der Waals surface area contributed by atoms with Crippen LogP contribution in [0.3, 0.4) is 0 Å². The molecule has 0 fully saturated rings. The van der Waals surface area contributed by atoms with E-state index in [0.717, 1.165) is 0 Å². The number of carboxylic acid groups (broad SMARTS) is 3. The predicted molar refractivity (Wildman–Crippen MR) is 43.9 cm³/mol. The van der Waals surface area contributed by atoms with Gasteiger partial charge in [-0.3, -0.25) is 19.7 Å². The minimum Gasteiger partial charge on any atom is -0.481 e. The van der Waals surface area contributed by atoms with E-state index in [0.29, 0.717) is 0 Å². The summed E-state index contributed by atoms with van der Waals surface area (Å²) in [6.07, 6.45) is -0.660. The zero-order valence-corrected chi connectivity index (χ0v) is 7.43. The van der Waals surface area contributed by atoms with Crippen LogP contribution in [0, 0.1) is 0 Å². The first kappa shape index (κ1) is 12.4. The molecular weight excluding hydrogens is 194 g/mol. The molecule has 7 heteroatoms. The molecule has 0 amide bonds. The molecule has 80 valence electrons. The van der Waals surface area contributed by atoms with E-state index in [1.807, 2.05) is 0 Å². The highest BCUT2D eigenvalue weighted by molar-refractivity contribution is 5.82. The first-order valence-electron chi connectivity index (χ1n) is 3.78. The monoisotopic (exact) mass is 205 g/mol. The SMILES string of the molecule is CC(N[C@@H](CC(=O)O)C(=O)O)C(=O)O. The average molecular weight is 205 g/mol. The van der Waals surface area contributed by atoms with Gasteiger partial charge >= 0.3 is 17.9 Å². The maximum Gasteiger partial charge on any atom is 0.321 e.